The number of anilines is 2. The molecule has 3 aromatic heterocycles. The topological polar surface area (TPSA) is 127 Å². The summed E-state index contributed by atoms with van der Waals surface area (Å²) in [7, 11) is 1.49. The number of benzene rings is 2. The summed E-state index contributed by atoms with van der Waals surface area (Å²) in [5.74, 6) is -0.472. The van der Waals surface area contributed by atoms with E-state index >= 15 is 0 Å². The molecule has 1 saturated carbocycles. The van der Waals surface area contributed by atoms with Crippen molar-refractivity contribution in [3.63, 3.8) is 0 Å². The van der Waals surface area contributed by atoms with Crippen molar-refractivity contribution in [2.45, 2.75) is 25.8 Å². The summed E-state index contributed by atoms with van der Waals surface area (Å²) in [6.07, 6.45) is 1.34. The third-order valence-corrected chi connectivity index (χ3v) is 7.37. The summed E-state index contributed by atoms with van der Waals surface area (Å²) >= 11 is 1.99. The van der Waals surface area contributed by atoms with Gasteiger partial charge in [-0.05, 0) is 78.8 Å². The molecule has 12 heteroatoms. The maximum absolute atomic E-state index is 14.8. The van der Waals surface area contributed by atoms with Gasteiger partial charge in [0.05, 0.1) is 27.9 Å². The highest BCUT2D eigenvalue weighted by atomic mass is 127. The minimum Gasteiger partial charge on any atom is -0.338 e. The lowest BCUT2D eigenvalue weighted by molar-refractivity contribution is 0.630. The van der Waals surface area contributed by atoms with E-state index in [0.29, 0.717) is 33.1 Å². The SMILES string of the molecule is Cc1c(=O)n(C)c(Nc2ccc(I)cc2F)c2c(=O)n(C3CC3)c(=O)n(-c3ccc4[nH]c(=O)[nH]c4c3)c12. The fourth-order valence-electron chi connectivity index (χ4n) is 4.73. The molecule has 0 saturated heterocycles. The molecular formula is C25H20FIN6O4. The van der Waals surface area contributed by atoms with Gasteiger partial charge in [-0.1, -0.05) is 0 Å². The fraction of sp³-hybridized carbons (Fsp3) is 0.200. The summed E-state index contributed by atoms with van der Waals surface area (Å²) in [6.45, 7) is 1.55. The van der Waals surface area contributed by atoms with Crippen molar-refractivity contribution in [3.8, 4) is 5.69 Å². The number of pyridine rings is 1. The molecule has 188 valence electrons. The Morgan fingerprint density at radius 3 is 2.43 bits per heavy atom. The largest absolute Gasteiger partial charge is 0.338 e. The summed E-state index contributed by atoms with van der Waals surface area (Å²) in [6, 6.07) is 9.18. The molecule has 0 spiro atoms. The number of fused-ring (bicyclic) bond motifs is 2. The molecule has 37 heavy (non-hydrogen) atoms. The van der Waals surface area contributed by atoms with Crippen LogP contribution in [-0.4, -0.2) is 23.7 Å². The van der Waals surface area contributed by atoms with Crippen molar-refractivity contribution < 1.29 is 4.39 Å². The van der Waals surface area contributed by atoms with E-state index in [-0.39, 0.29) is 34.0 Å². The Labute approximate surface area is 220 Å². The fourth-order valence-corrected chi connectivity index (χ4v) is 5.19. The molecule has 0 atom stereocenters. The number of nitrogens with one attached hydrogen (secondary N) is 3. The number of aromatic amines is 2. The maximum Gasteiger partial charge on any atom is 0.336 e. The van der Waals surface area contributed by atoms with Gasteiger partial charge in [-0.3, -0.25) is 23.3 Å². The molecule has 0 bridgehead atoms. The number of rotatable bonds is 4. The van der Waals surface area contributed by atoms with Gasteiger partial charge in [0, 0.05) is 22.2 Å². The van der Waals surface area contributed by atoms with Crippen LogP contribution in [0.4, 0.5) is 15.9 Å². The van der Waals surface area contributed by atoms with Gasteiger partial charge in [0.2, 0.25) is 0 Å². The molecule has 1 fully saturated rings. The van der Waals surface area contributed by atoms with Crippen molar-refractivity contribution >= 4 is 56.0 Å². The van der Waals surface area contributed by atoms with Gasteiger partial charge in [0.25, 0.3) is 11.1 Å². The van der Waals surface area contributed by atoms with Gasteiger partial charge in [0.15, 0.2) is 0 Å². The van der Waals surface area contributed by atoms with E-state index in [2.05, 4.69) is 15.3 Å². The van der Waals surface area contributed by atoms with Gasteiger partial charge >= 0.3 is 11.4 Å². The summed E-state index contributed by atoms with van der Waals surface area (Å²) in [4.78, 5) is 58.1. The van der Waals surface area contributed by atoms with Crippen molar-refractivity contribution in [2.75, 3.05) is 5.32 Å². The Bertz CT molecular complexity index is 2010. The van der Waals surface area contributed by atoms with Crippen LogP contribution in [-0.2, 0) is 7.05 Å². The third kappa shape index (κ3) is 3.65. The second kappa shape index (κ2) is 8.30. The number of H-pyrrole nitrogens is 2. The van der Waals surface area contributed by atoms with Crippen LogP contribution in [0.1, 0.15) is 24.4 Å². The summed E-state index contributed by atoms with van der Waals surface area (Å²) in [5.41, 5.74) is -0.207. The van der Waals surface area contributed by atoms with Crippen molar-refractivity contribution in [1.82, 2.24) is 23.7 Å². The van der Waals surface area contributed by atoms with Gasteiger partial charge in [-0.15, -0.1) is 0 Å². The first kappa shape index (κ1) is 23.5. The lowest BCUT2D eigenvalue weighted by atomic mass is 10.1. The van der Waals surface area contributed by atoms with E-state index in [1.165, 1.54) is 32.9 Å². The maximum atomic E-state index is 14.8. The molecule has 0 unspecified atom stereocenters. The predicted molar refractivity (Wildman–Crippen MR) is 147 cm³/mol. The van der Waals surface area contributed by atoms with Crippen LogP contribution in [0.5, 0.6) is 0 Å². The van der Waals surface area contributed by atoms with Crippen LogP contribution in [0.25, 0.3) is 27.6 Å². The zero-order chi connectivity index (χ0) is 26.2. The second-order valence-electron chi connectivity index (χ2n) is 9.14. The highest BCUT2D eigenvalue weighted by Crippen LogP contribution is 2.34. The molecular weight excluding hydrogens is 594 g/mol. The van der Waals surface area contributed by atoms with Crippen molar-refractivity contribution in [2.24, 2.45) is 7.05 Å². The van der Waals surface area contributed by atoms with Crippen LogP contribution >= 0.6 is 22.6 Å². The number of hydrogen-bond donors (Lipinski definition) is 3. The average molecular weight is 614 g/mol. The molecule has 0 amide bonds. The number of imidazole rings is 1. The Morgan fingerprint density at radius 2 is 1.73 bits per heavy atom. The molecule has 3 heterocycles. The molecule has 5 aromatic rings. The minimum absolute atomic E-state index is 0.0787. The summed E-state index contributed by atoms with van der Waals surface area (Å²) in [5, 5.41) is 3.03. The standard InChI is InChI=1S/C25H20FIN6O4/c1-11-20-19(21(31(2)22(11)34)28-16-7-3-12(27)9-15(16)26)23(35)33(13-4-5-13)25(37)32(20)14-6-8-17-18(10-14)30-24(36)29-17/h3,6-10,13,28H,4-5H2,1-2H3,(H2,29,30,36). The molecule has 1 aliphatic carbocycles. The molecule has 3 N–H and O–H groups in total. The Balaban J connectivity index is 1.76. The van der Waals surface area contributed by atoms with Gasteiger partial charge in [-0.25, -0.2) is 14.0 Å². The van der Waals surface area contributed by atoms with Crippen molar-refractivity contribution in [1.29, 1.82) is 0 Å². The molecule has 0 radical (unpaired) electrons. The minimum atomic E-state index is -0.583. The second-order valence-corrected chi connectivity index (χ2v) is 10.4. The third-order valence-electron chi connectivity index (χ3n) is 6.70. The van der Waals surface area contributed by atoms with E-state index in [1.807, 2.05) is 22.6 Å². The van der Waals surface area contributed by atoms with Crippen LogP contribution in [0.15, 0.2) is 55.6 Å². The molecule has 1 aliphatic rings. The molecule has 10 nitrogen and oxygen atoms in total. The van der Waals surface area contributed by atoms with E-state index in [9.17, 15) is 23.6 Å². The van der Waals surface area contributed by atoms with Crippen molar-refractivity contribution in [3.05, 3.63) is 93.0 Å². The first-order valence-electron chi connectivity index (χ1n) is 11.5. The van der Waals surface area contributed by atoms with Crippen LogP contribution in [0, 0.1) is 16.3 Å². The lowest BCUT2D eigenvalue weighted by Gasteiger charge is -2.20. The number of aromatic nitrogens is 5. The normalized spacial score (nSPS) is 13.5. The number of nitrogens with zero attached hydrogens (tertiary/aromatic N) is 3. The van der Waals surface area contributed by atoms with E-state index in [4.69, 9.17) is 0 Å². The zero-order valence-electron chi connectivity index (χ0n) is 19.7. The van der Waals surface area contributed by atoms with Gasteiger partial charge < -0.3 is 15.3 Å². The first-order valence-corrected chi connectivity index (χ1v) is 12.6. The van der Waals surface area contributed by atoms with E-state index < -0.39 is 28.3 Å². The predicted octanol–water partition coefficient (Wildman–Crippen LogP) is 3.15. The number of aryl methyl sites for hydroxylation is 1. The van der Waals surface area contributed by atoms with Crippen LogP contribution in [0.2, 0.25) is 0 Å². The molecule has 6 rings (SSSR count). The Morgan fingerprint density at radius 1 is 1.00 bits per heavy atom. The monoisotopic (exact) mass is 614 g/mol. The molecule has 0 aliphatic heterocycles. The van der Waals surface area contributed by atoms with Crippen LogP contribution < -0.4 is 27.8 Å². The highest BCUT2D eigenvalue weighted by molar-refractivity contribution is 14.1. The molecule has 2 aromatic carbocycles. The quantitative estimate of drug-likeness (QED) is 0.268. The average Bonchev–Trinajstić information content (AvgIpc) is 3.61. The number of hydrogen-bond acceptors (Lipinski definition) is 5. The Kier molecular flexibility index (Phi) is 5.26. The smallest absolute Gasteiger partial charge is 0.336 e. The van der Waals surface area contributed by atoms with Crippen LogP contribution in [0.3, 0.4) is 0 Å². The Hall–Kier alpha value is -3.94. The van der Waals surface area contributed by atoms with E-state index in [1.54, 1.807) is 31.2 Å². The lowest BCUT2D eigenvalue weighted by Crippen LogP contribution is -2.41. The first-order chi connectivity index (χ1) is 17.7. The van der Waals surface area contributed by atoms with Gasteiger partial charge in [0.1, 0.15) is 17.0 Å². The number of halogens is 2. The van der Waals surface area contributed by atoms with Gasteiger partial charge in [-0.2, -0.15) is 0 Å². The summed E-state index contributed by atoms with van der Waals surface area (Å²) < 4.78 is 19.3. The highest BCUT2D eigenvalue weighted by Gasteiger charge is 2.31. The van der Waals surface area contributed by atoms with E-state index in [0.717, 1.165) is 0 Å². The zero-order valence-corrected chi connectivity index (χ0v) is 21.8.